The van der Waals surface area contributed by atoms with Gasteiger partial charge in [0.2, 0.25) is 0 Å². The van der Waals surface area contributed by atoms with Crippen LogP contribution in [-0.2, 0) is 4.74 Å². The summed E-state index contributed by atoms with van der Waals surface area (Å²) in [6, 6.07) is 0. The zero-order valence-electron chi connectivity index (χ0n) is 7.78. The molecule has 0 aliphatic rings. The fraction of sp³-hybridized carbons (Fsp3) is 0.111. The number of hydrogen-bond acceptors (Lipinski definition) is 5. The van der Waals surface area contributed by atoms with Crippen molar-refractivity contribution < 1.29 is 9.53 Å². The third-order valence-electron chi connectivity index (χ3n) is 1.96. The Morgan fingerprint density at radius 1 is 1.60 bits per heavy atom. The number of hydrogen-bond donors (Lipinski definition) is 1. The molecule has 0 aromatic carbocycles. The van der Waals surface area contributed by atoms with Gasteiger partial charge < -0.3 is 10.5 Å². The fourth-order valence-corrected chi connectivity index (χ4v) is 2.99. The summed E-state index contributed by atoms with van der Waals surface area (Å²) in [7, 11) is 1.33. The Morgan fingerprint density at radius 2 is 2.33 bits per heavy atom. The second-order valence-corrected chi connectivity index (χ2v) is 4.74. The minimum atomic E-state index is -0.416. The van der Waals surface area contributed by atoms with Gasteiger partial charge in [-0.05, 0) is 15.9 Å². The molecule has 2 rings (SSSR count). The van der Waals surface area contributed by atoms with Crippen molar-refractivity contribution in [2.24, 2.45) is 0 Å². The molecule has 0 spiro atoms. The van der Waals surface area contributed by atoms with E-state index in [4.69, 9.17) is 5.73 Å². The molecule has 0 saturated carbocycles. The van der Waals surface area contributed by atoms with Crippen LogP contribution in [0.5, 0.6) is 0 Å². The number of rotatable bonds is 1. The predicted octanol–water partition coefficient (Wildman–Crippen LogP) is 2.43. The molecule has 2 aromatic rings. The number of nitrogens with two attached hydrogens (primary N) is 1. The Bertz CT molecular complexity index is 538. The van der Waals surface area contributed by atoms with Gasteiger partial charge in [-0.15, -0.1) is 11.3 Å². The zero-order chi connectivity index (χ0) is 11.0. The third-order valence-corrected chi connectivity index (χ3v) is 3.68. The number of carbonyl (C=O) groups excluding carboxylic acids is 1. The Balaban J connectivity index is 2.75. The van der Waals surface area contributed by atoms with Gasteiger partial charge in [0.05, 0.1) is 17.5 Å². The van der Waals surface area contributed by atoms with Crippen molar-refractivity contribution in [2.45, 2.75) is 0 Å². The SMILES string of the molecule is COC(=O)c1sc2cncc(Br)c2c1N. The second kappa shape index (κ2) is 3.79. The first-order valence-corrected chi connectivity index (χ1v) is 5.66. The number of halogens is 1. The van der Waals surface area contributed by atoms with Crippen LogP contribution < -0.4 is 5.73 Å². The Morgan fingerprint density at radius 3 is 2.93 bits per heavy atom. The molecular weight excluding hydrogens is 280 g/mol. The van der Waals surface area contributed by atoms with Gasteiger partial charge in [-0.1, -0.05) is 0 Å². The lowest BCUT2D eigenvalue weighted by atomic mass is 10.2. The molecule has 2 heterocycles. The highest BCUT2D eigenvalue weighted by molar-refractivity contribution is 9.10. The normalized spacial score (nSPS) is 10.5. The van der Waals surface area contributed by atoms with E-state index in [0.717, 1.165) is 14.6 Å². The number of ether oxygens (including phenoxy) is 1. The van der Waals surface area contributed by atoms with Crippen molar-refractivity contribution in [3.05, 3.63) is 21.7 Å². The van der Waals surface area contributed by atoms with Gasteiger partial charge in [0.25, 0.3) is 0 Å². The molecule has 0 radical (unpaired) electrons. The molecule has 0 atom stereocenters. The van der Waals surface area contributed by atoms with E-state index < -0.39 is 5.97 Å². The van der Waals surface area contributed by atoms with E-state index in [-0.39, 0.29) is 0 Å². The van der Waals surface area contributed by atoms with Gasteiger partial charge in [-0.25, -0.2) is 4.79 Å². The number of pyridine rings is 1. The molecule has 6 heteroatoms. The molecule has 0 bridgehead atoms. The van der Waals surface area contributed by atoms with Crippen LogP contribution in [0, 0.1) is 0 Å². The molecule has 4 nitrogen and oxygen atoms in total. The van der Waals surface area contributed by atoms with Crippen LogP contribution in [0.15, 0.2) is 16.9 Å². The van der Waals surface area contributed by atoms with Gasteiger partial charge in [-0.2, -0.15) is 0 Å². The maximum Gasteiger partial charge on any atom is 0.350 e. The summed E-state index contributed by atoms with van der Waals surface area (Å²) in [6.45, 7) is 0. The van der Waals surface area contributed by atoms with Gasteiger partial charge in [-0.3, -0.25) is 4.98 Å². The predicted molar refractivity (Wildman–Crippen MR) is 63.1 cm³/mol. The quantitative estimate of drug-likeness (QED) is 0.818. The summed E-state index contributed by atoms with van der Waals surface area (Å²) in [5, 5.41) is 0.815. The maximum absolute atomic E-state index is 11.4. The van der Waals surface area contributed by atoms with Crippen molar-refractivity contribution in [1.29, 1.82) is 0 Å². The molecule has 0 fully saturated rings. The molecule has 2 aromatic heterocycles. The van der Waals surface area contributed by atoms with Gasteiger partial charge in [0.1, 0.15) is 4.88 Å². The third kappa shape index (κ3) is 1.59. The fourth-order valence-electron chi connectivity index (χ4n) is 1.28. The number of esters is 1. The average Bonchev–Trinajstić information content (AvgIpc) is 2.56. The summed E-state index contributed by atoms with van der Waals surface area (Å²) in [5.41, 5.74) is 6.31. The number of carbonyl (C=O) groups is 1. The number of fused-ring (bicyclic) bond motifs is 1. The van der Waals surface area contributed by atoms with Crippen molar-refractivity contribution in [1.82, 2.24) is 4.98 Å². The monoisotopic (exact) mass is 286 g/mol. The molecule has 2 N–H and O–H groups in total. The minimum Gasteiger partial charge on any atom is -0.465 e. The maximum atomic E-state index is 11.4. The lowest BCUT2D eigenvalue weighted by molar-refractivity contribution is 0.0607. The number of anilines is 1. The Hall–Kier alpha value is -1.14. The second-order valence-electron chi connectivity index (χ2n) is 2.83. The van der Waals surface area contributed by atoms with Gasteiger partial charge in [0, 0.05) is 22.3 Å². The van der Waals surface area contributed by atoms with E-state index in [1.807, 2.05) is 0 Å². The van der Waals surface area contributed by atoms with Crippen LogP contribution in [-0.4, -0.2) is 18.1 Å². The Labute approximate surface area is 98.2 Å². The van der Waals surface area contributed by atoms with Crippen LogP contribution in [0.2, 0.25) is 0 Å². The molecule has 0 aliphatic carbocycles. The number of thiophene rings is 1. The van der Waals surface area contributed by atoms with Crippen LogP contribution in [0.4, 0.5) is 5.69 Å². The highest BCUT2D eigenvalue weighted by Crippen LogP contribution is 2.37. The van der Waals surface area contributed by atoms with E-state index in [0.29, 0.717) is 10.6 Å². The molecule has 0 saturated heterocycles. The smallest absolute Gasteiger partial charge is 0.350 e. The first-order valence-electron chi connectivity index (χ1n) is 4.05. The van der Waals surface area contributed by atoms with Crippen molar-refractivity contribution in [2.75, 3.05) is 12.8 Å². The van der Waals surface area contributed by atoms with Crippen LogP contribution in [0.25, 0.3) is 10.1 Å². The first-order chi connectivity index (χ1) is 7.15. The highest BCUT2D eigenvalue weighted by atomic mass is 79.9. The molecule has 15 heavy (non-hydrogen) atoms. The van der Waals surface area contributed by atoms with E-state index >= 15 is 0 Å². The van der Waals surface area contributed by atoms with Crippen molar-refractivity contribution in [3.63, 3.8) is 0 Å². The number of nitrogens with zero attached hydrogens (tertiary/aromatic N) is 1. The zero-order valence-corrected chi connectivity index (χ0v) is 10.2. The highest BCUT2D eigenvalue weighted by Gasteiger charge is 2.18. The molecule has 0 unspecified atom stereocenters. The molecule has 78 valence electrons. The Kier molecular flexibility index (Phi) is 2.62. The van der Waals surface area contributed by atoms with Gasteiger partial charge >= 0.3 is 5.97 Å². The molecular formula is C9H7BrN2O2S. The lowest BCUT2D eigenvalue weighted by Crippen LogP contribution is -2.01. The first kappa shape index (κ1) is 10.4. The largest absolute Gasteiger partial charge is 0.465 e. The van der Waals surface area contributed by atoms with Crippen LogP contribution in [0.3, 0.4) is 0 Å². The molecule has 0 aliphatic heterocycles. The average molecular weight is 287 g/mol. The summed E-state index contributed by atoms with van der Waals surface area (Å²) in [4.78, 5) is 15.8. The summed E-state index contributed by atoms with van der Waals surface area (Å²) in [5.74, 6) is -0.416. The minimum absolute atomic E-state index is 0.416. The van der Waals surface area contributed by atoms with Gasteiger partial charge in [0.15, 0.2) is 0 Å². The number of nitrogen functional groups attached to an aromatic ring is 1. The van der Waals surface area contributed by atoms with E-state index in [1.165, 1.54) is 18.4 Å². The summed E-state index contributed by atoms with van der Waals surface area (Å²) < 4.78 is 6.29. The van der Waals surface area contributed by atoms with Crippen molar-refractivity contribution >= 4 is 49.0 Å². The lowest BCUT2D eigenvalue weighted by Gasteiger charge is -1.97. The number of aromatic nitrogens is 1. The summed E-state index contributed by atoms with van der Waals surface area (Å²) in [6.07, 6.45) is 3.32. The van der Waals surface area contributed by atoms with E-state index in [1.54, 1.807) is 12.4 Å². The van der Waals surface area contributed by atoms with E-state index in [2.05, 4.69) is 25.7 Å². The molecule has 0 amide bonds. The van der Waals surface area contributed by atoms with E-state index in [9.17, 15) is 4.79 Å². The van der Waals surface area contributed by atoms with Crippen LogP contribution in [0.1, 0.15) is 9.67 Å². The van der Waals surface area contributed by atoms with Crippen LogP contribution >= 0.6 is 27.3 Å². The van der Waals surface area contributed by atoms with Crippen molar-refractivity contribution in [3.8, 4) is 0 Å². The topological polar surface area (TPSA) is 65.2 Å². The summed E-state index contributed by atoms with van der Waals surface area (Å²) >= 11 is 4.62. The standard InChI is InChI=1S/C9H7BrN2O2S/c1-14-9(13)8-7(11)6-4(10)2-12-3-5(6)15-8/h2-3H,11H2,1H3. The number of methoxy groups -OCH3 is 1.